The molecular weight excluding hydrogens is 270 g/mol. The van der Waals surface area contributed by atoms with E-state index in [0.29, 0.717) is 12.1 Å². The maximum atomic E-state index is 12.4. The Hall–Kier alpha value is -2.56. The normalized spacial score (nSPS) is 10.5. The molecule has 0 saturated carbocycles. The van der Waals surface area contributed by atoms with Gasteiger partial charge in [0.05, 0.1) is 5.56 Å². The number of aryl methyl sites for hydroxylation is 1. The summed E-state index contributed by atoms with van der Waals surface area (Å²) in [5.41, 5.74) is 0.259. The van der Waals surface area contributed by atoms with Crippen LogP contribution in [-0.2, 0) is 6.54 Å². The predicted molar refractivity (Wildman–Crippen MR) is 78.8 cm³/mol. The number of aromatic hydroxyl groups is 2. The molecule has 0 amide bonds. The van der Waals surface area contributed by atoms with Gasteiger partial charge >= 0.3 is 0 Å². The number of aromatic nitrogens is 1. The molecule has 0 radical (unpaired) electrons. The zero-order chi connectivity index (χ0) is 15.4. The van der Waals surface area contributed by atoms with Crippen molar-refractivity contribution in [1.82, 2.24) is 4.57 Å². The van der Waals surface area contributed by atoms with E-state index in [0.717, 1.165) is 18.9 Å². The number of benzene rings is 1. The third kappa shape index (κ3) is 3.31. The molecule has 110 valence electrons. The summed E-state index contributed by atoms with van der Waals surface area (Å²) in [5.74, 6) is -0.791. The smallest absolute Gasteiger partial charge is 0.250 e. The molecule has 0 spiro atoms. The van der Waals surface area contributed by atoms with Gasteiger partial charge in [-0.3, -0.25) is 9.59 Å². The molecule has 2 N–H and O–H groups in total. The van der Waals surface area contributed by atoms with Gasteiger partial charge in [-0.2, -0.15) is 0 Å². The highest BCUT2D eigenvalue weighted by Crippen LogP contribution is 2.24. The number of carbonyl (C=O) groups excluding carboxylic acids is 1. The van der Waals surface area contributed by atoms with E-state index < -0.39 is 5.78 Å². The second-order valence-electron chi connectivity index (χ2n) is 4.83. The minimum atomic E-state index is -0.391. The first-order valence-corrected chi connectivity index (χ1v) is 6.80. The minimum absolute atomic E-state index is 0.0912. The van der Waals surface area contributed by atoms with Crippen molar-refractivity contribution < 1.29 is 15.0 Å². The van der Waals surface area contributed by atoms with E-state index in [1.807, 2.05) is 6.92 Å². The zero-order valence-corrected chi connectivity index (χ0v) is 11.7. The highest BCUT2D eigenvalue weighted by atomic mass is 16.3. The first-order valence-electron chi connectivity index (χ1n) is 6.80. The third-order valence-corrected chi connectivity index (χ3v) is 3.22. The van der Waals surface area contributed by atoms with Crippen molar-refractivity contribution in [2.75, 3.05) is 0 Å². The monoisotopic (exact) mass is 287 g/mol. The number of unbranched alkanes of at least 4 members (excludes halogenated alkanes) is 1. The maximum Gasteiger partial charge on any atom is 0.250 e. The average molecular weight is 287 g/mol. The minimum Gasteiger partial charge on any atom is -0.508 e. The lowest BCUT2D eigenvalue weighted by Gasteiger charge is -2.08. The van der Waals surface area contributed by atoms with Gasteiger partial charge in [0, 0.05) is 30.4 Å². The number of hydrogen-bond acceptors (Lipinski definition) is 4. The van der Waals surface area contributed by atoms with Crippen LogP contribution in [0.15, 0.2) is 41.3 Å². The largest absolute Gasteiger partial charge is 0.508 e. The molecule has 5 heteroatoms. The molecule has 0 atom stereocenters. The molecule has 0 aliphatic carbocycles. The van der Waals surface area contributed by atoms with Gasteiger partial charge in [0.2, 0.25) is 0 Å². The number of hydrogen-bond donors (Lipinski definition) is 2. The molecule has 2 rings (SSSR count). The standard InChI is InChI=1S/C16H17NO4/c1-2-3-8-17-10-11(4-7-15(17)20)16(21)13-6-5-12(18)9-14(13)19/h4-7,9-10,18-19H,2-3,8H2,1H3. The van der Waals surface area contributed by atoms with E-state index in [1.165, 1.54) is 35.0 Å². The summed E-state index contributed by atoms with van der Waals surface area (Å²) in [6.07, 6.45) is 3.30. The molecule has 5 nitrogen and oxygen atoms in total. The SMILES string of the molecule is CCCCn1cc(C(=O)c2ccc(O)cc2O)ccc1=O. The average Bonchev–Trinajstić information content (AvgIpc) is 2.46. The lowest BCUT2D eigenvalue weighted by Crippen LogP contribution is -2.20. The van der Waals surface area contributed by atoms with Crippen LogP contribution < -0.4 is 5.56 Å². The van der Waals surface area contributed by atoms with E-state index in [2.05, 4.69) is 0 Å². The first-order chi connectivity index (χ1) is 10.0. The van der Waals surface area contributed by atoms with E-state index in [1.54, 1.807) is 0 Å². The number of pyridine rings is 1. The quantitative estimate of drug-likeness (QED) is 0.827. The van der Waals surface area contributed by atoms with Gasteiger partial charge in [0.25, 0.3) is 5.56 Å². The second-order valence-corrected chi connectivity index (χ2v) is 4.83. The molecule has 1 aromatic carbocycles. The summed E-state index contributed by atoms with van der Waals surface area (Å²) >= 11 is 0. The molecule has 0 aliphatic rings. The van der Waals surface area contributed by atoms with Crippen LogP contribution in [0.5, 0.6) is 11.5 Å². The van der Waals surface area contributed by atoms with E-state index in [9.17, 15) is 19.8 Å². The summed E-state index contributed by atoms with van der Waals surface area (Å²) in [7, 11) is 0. The fourth-order valence-electron chi connectivity index (χ4n) is 2.04. The summed E-state index contributed by atoms with van der Waals surface area (Å²) < 4.78 is 1.49. The highest BCUT2D eigenvalue weighted by molar-refractivity contribution is 6.10. The van der Waals surface area contributed by atoms with Gasteiger partial charge < -0.3 is 14.8 Å². The van der Waals surface area contributed by atoms with Crippen molar-refractivity contribution >= 4 is 5.78 Å². The van der Waals surface area contributed by atoms with Crippen LogP contribution in [0, 0.1) is 0 Å². The van der Waals surface area contributed by atoms with Crippen LogP contribution >= 0.6 is 0 Å². The summed E-state index contributed by atoms with van der Waals surface area (Å²) in [4.78, 5) is 24.1. The summed E-state index contributed by atoms with van der Waals surface area (Å²) in [6, 6.07) is 6.59. The first kappa shape index (κ1) is 14.8. The molecule has 1 heterocycles. The van der Waals surface area contributed by atoms with Gasteiger partial charge in [-0.1, -0.05) is 13.3 Å². The van der Waals surface area contributed by atoms with Crippen molar-refractivity contribution in [2.24, 2.45) is 0 Å². The summed E-state index contributed by atoms with van der Waals surface area (Å²) in [5, 5.41) is 19.0. The van der Waals surface area contributed by atoms with Crippen LogP contribution in [0.4, 0.5) is 0 Å². The molecule has 0 unspecified atom stereocenters. The van der Waals surface area contributed by atoms with Gasteiger partial charge in [0.15, 0.2) is 5.78 Å². The lowest BCUT2D eigenvalue weighted by atomic mass is 10.0. The fraction of sp³-hybridized carbons (Fsp3) is 0.250. The van der Waals surface area contributed by atoms with Crippen molar-refractivity contribution in [3.8, 4) is 11.5 Å². The number of rotatable bonds is 5. The fourth-order valence-corrected chi connectivity index (χ4v) is 2.04. The van der Waals surface area contributed by atoms with Crippen LogP contribution in [0.2, 0.25) is 0 Å². The molecule has 0 aliphatic heterocycles. The van der Waals surface area contributed by atoms with Crippen LogP contribution in [0.1, 0.15) is 35.7 Å². The molecule has 1 aromatic heterocycles. The number of nitrogens with zero attached hydrogens (tertiary/aromatic N) is 1. The van der Waals surface area contributed by atoms with Crippen molar-refractivity contribution in [3.63, 3.8) is 0 Å². The molecule has 0 bridgehead atoms. The Bertz CT molecular complexity index is 718. The Morgan fingerprint density at radius 2 is 1.95 bits per heavy atom. The predicted octanol–water partition coefficient (Wildman–Crippen LogP) is 2.29. The van der Waals surface area contributed by atoms with E-state index in [4.69, 9.17) is 0 Å². The second kappa shape index (κ2) is 6.26. The maximum absolute atomic E-state index is 12.4. The molecular formula is C16H17NO4. The Balaban J connectivity index is 2.37. The van der Waals surface area contributed by atoms with E-state index in [-0.39, 0.29) is 22.6 Å². The van der Waals surface area contributed by atoms with E-state index >= 15 is 0 Å². The topological polar surface area (TPSA) is 79.5 Å². The van der Waals surface area contributed by atoms with Gasteiger partial charge in [-0.15, -0.1) is 0 Å². The Morgan fingerprint density at radius 3 is 2.62 bits per heavy atom. The highest BCUT2D eigenvalue weighted by Gasteiger charge is 2.15. The number of carbonyl (C=O) groups is 1. The zero-order valence-electron chi connectivity index (χ0n) is 11.7. The van der Waals surface area contributed by atoms with Gasteiger partial charge in [0.1, 0.15) is 11.5 Å². The van der Waals surface area contributed by atoms with Crippen LogP contribution in [-0.4, -0.2) is 20.6 Å². The molecule has 21 heavy (non-hydrogen) atoms. The van der Waals surface area contributed by atoms with Gasteiger partial charge in [-0.05, 0) is 24.6 Å². The number of phenols is 2. The number of phenolic OH excluding ortho intramolecular Hbond substituents is 2. The third-order valence-electron chi connectivity index (χ3n) is 3.22. The Labute approximate surface area is 122 Å². The van der Waals surface area contributed by atoms with Crippen molar-refractivity contribution in [3.05, 3.63) is 58.0 Å². The summed E-state index contributed by atoms with van der Waals surface area (Å²) in [6.45, 7) is 2.58. The Kier molecular flexibility index (Phi) is 4.42. The molecule has 0 fully saturated rings. The van der Waals surface area contributed by atoms with Crippen LogP contribution in [0.25, 0.3) is 0 Å². The van der Waals surface area contributed by atoms with Crippen LogP contribution in [0.3, 0.4) is 0 Å². The number of ketones is 1. The van der Waals surface area contributed by atoms with Crippen molar-refractivity contribution in [2.45, 2.75) is 26.3 Å². The lowest BCUT2D eigenvalue weighted by molar-refractivity contribution is 0.103. The van der Waals surface area contributed by atoms with Crippen molar-refractivity contribution in [1.29, 1.82) is 0 Å². The Morgan fingerprint density at radius 1 is 1.19 bits per heavy atom. The van der Waals surface area contributed by atoms with Gasteiger partial charge in [-0.25, -0.2) is 0 Å². The molecule has 0 saturated heterocycles. The molecule has 2 aromatic rings.